The third kappa shape index (κ3) is 3.30. The fourth-order valence-corrected chi connectivity index (χ4v) is 2.82. The highest BCUT2D eigenvalue weighted by atomic mass is 15.2. The number of aromatic nitrogens is 1. The summed E-state index contributed by atoms with van der Waals surface area (Å²) in [6.45, 7) is 9.14. The summed E-state index contributed by atoms with van der Waals surface area (Å²) >= 11 is 0. The number of nitrogens with zero attached hydrogens (tertiary/aromatic N) is 2. The van der Waals surface area contributed by atoms with Crippen LogP contribution in [0.4, 0.5) is 0 Å². The van der Waals surface area contributed by atoms with E-state index in [0.717, 1.165) is 19.6 Å². The molecule has 3 heteroatoms. The van der Waals surface area contributed by atoms with Crippen LogP contribution in [-0.2, 0) is 6.54 Å². The second kappa shape index (κ2) is 6.30. The molecule has 1 saturated heterocycles. The van der Waals surface area contributed by atoms with Crippen molar-refractivity contribution in [3.8, 4) is 0 Å². The van der Waals surface area contributed by atoms with Crippen LogP contribution in [0.15, 0.2) is 24.5 Å². The molecule has 1 aromatic heterocycles. The monoisotopic (exact) mass is 247 g/mol. The molecule has 0 saturated carbocycles. The van der Waals surface area contributed by atoms with Gasteiger partial charge in [-0.25, -0.2) is 0 Å². The lowest BCUT2D eigenvalue weighted by Gasteiger charge is -2.35. The van der Waals surface area contributed by atoms with Crippen LogP contribution in [-0.4, -0.2) is 35.1 Å². The molecule has 0 atom stereocenters. The number of pyridine rings is 1. The van der Waals surface area contributed by atoms with Crippen molar-refractivity contribution in [1.29, 1.82) is 0 Å². The Morgan fingerprint density at radius 2 is 2.00 bits per heavy atom. The summed E-state index contributed by atoms with van der Waals surface area (Å²) in [5.74, 6) is 0. The molecule has 2 rings (SSSR count). The second-order valence-electron chi connectivity index (χ2n) is 5.33. The Morgan fingerprint density at radius 3 is 2.67 bits per heavy atom. The van der Waals surface area contributed by atoms with E-state index in [1.807, 2.05) is 12.4 Å². The van der Waals surface area contributed by atoms with Gasteiger partial charge >= 0.3 is 0 Å². The van der Waals surface area contributed by atoms with E-state index in [1.165, 1.54) is 31.4 Å². The first-order valence-electron chi connectivity index (χ1n) is 7.14. The zero-order chi connectivity index (χ0) is 12.8. The second-order valence-corrected chi connectivity index (χ2v) is 5.33. The zero-order valence-electron chi connectivity index (χ0n) is 11.7. The lowest BCUT2D eigenvalue weighted by Crippen LogP contribution is -2.50. The van der Waals surface area contributed by atoms with Crippen LogP contribution in [0, 0.1) is 0 Å². The van der Waals surface area contributed by atoms with Gasteiger partial charge in [-0.1, -0.05) is 13.8 Å². The first-order valence-corrected chi connectivity index (χ1v) is 7.14. The van der Waals surface area contributed by atoms with Crippen LogP contribution in [0.3, 0.4) is 0 Å². The maximum atomic E-state index is 4.09. The molecule has 0 unspecified atom stereocenters. The SMILES string of the molecule is CCC1(CC)CN(Cc2ccncc2)CCCN1. The van der Waals surface area contributed by atoms with Crippen LogP contribution in [0.5, 0.6) is 0 Å². The molecule has 1 aromatic rings. The van der Waals surface area contributed by atoms with Crippen molar-refractivity contribution in [2.75, 3.05) is 19.6 Å². The Hall–Kier alpha value is -0.930. The highest BCUT2D eigenvalue weighted by Gasteiger charge is 2.29. The van der Waals surface area contributed by atoms with Gasteiger partial charge in [-0.3, -0.25) is 9.88 Å². The van der Waals surface area contributed by atoms with Crippen molar-refractivity contribution < 1.29 is 0 Å². The van der Waals surface area contributed by atoms with Crippen molar-refractivity contribution in [3.05, 3.63) is 30.1 Å². The van der Waals surface area contributed by atoms with Crippen LogP contribution >= 0.6 is 0 Å². The van der Waals surface area contributed by atoms with Gasteiger partial charge in [-0.2, -0.15) is 0 Å². The maximum absolute atomic E-state index is 4.09. The Morgan fingerprint density at radius 1 is 1.28 bits per heavy atom. The highest BCUT2D eigenvalue weighted by molar-refractivity contribution is 5.09. The largest absolute Gasteiger partial charge is 0.310 e. The molecule has 0 aromatic carbocycles. The Bertz CT molecular complexity index is 346. The quantitative estimate of drug-likeness (QED) is 0.886. The molecule has 1 N–H and O–H groups in total. The van der Waals surface area contributed by atoms with E-state index >= 15 is 0 Å². The smallest absolute Gasteiger partial charge is 0.0303 e. The van der Waals surface area contributed by atoms with Crippen LogP contribution < -0.4 is 5.32 Å². The van der Waals surface area contributed by atoms with E-state index in [4.69, 9.17) is 0 Å². The molecule has 0 amide bonds. The molecule has 100 valence electrons. The van der Waals surface area contributed by atoms with Gasteiger partial charge < -0.3 is 5.32 Å². The van der Waals surface area contributed by atoms with Gasteiger partial charge in [-0.15, -0.1) is 0 Å². The summed E-state index contributed by atoms with van der Waals surface area (Å²) in [5.41, 5.74) is 1.68. The minimum absolute atomic E-state index is 0.309. The van der Waals surface area contributed by atoms with E-state index in [0.29, 0.717) is 5.54 Å². The highest BCUT2D eigenvalue weighted by Crippen LogP contribution is 2.20. The molecule has 18 heavy (non-hydrogen) atoms. The zero-order valence-corrected chi connectivity index (χ0v) is 11.7. The molecule has 2 heterocycles. The number of nitrogens with one attached hydrogen (secondary N) is 1. The van der Waals surface area contributed by atoms with E-state index in [-0.39, 0.29) is 0 Å². The average Bonchev–Trinajstić information content (AvgIpc) is 2.63. The van der Waals surface area contributed by atoms with E-state index < -0.39 is 0 Å². The lowest BCUT2D eigenvalue weighted by atomic mass is 9.92. The minimum atomic E-state index is 0.309. The van der Waals surface area contributed by atoms with Gasteiger partial charge in [0.1, 0.15) is 0 Å². The topological polar surface area (TPSA) is 28.2 Å². The molecule has 0 bridgehead atoms. The Kier molecular flexibility index (Phi) is 4.72. The number of rotatable bonds is 4. The van der Waals surface area contributed by atoms with E-state index in [2.05, 4.69) is 41.2 Å². The average molecular weight is 247 g/mol. The fourth-order valence-electron chi connectivity index (χ4n) is 2.82. The summed E-state index contributed by atoms with van der Waals surface area (Å²) in [6.07, 6.45) is 7.43. The number of hydrogen-bond donors (Lipinski definition) is 1. The molecule has 0 radical (unpaired) electrons. The summed E-state index contributed by atoms with van der Waals surface area (Å²) in [5, 5.41) is 3.76. The predicted molar refractivity (Wildman–Crippen MR) is 75.4 cm³/mol. The third-order valence-electron chi connectivity index (χ3n) is 4.19. The molecule has 3 nitrogen and oxygen atoms in total. The summed E-state index contributed by atoms with van der Waals surface area (Å²) in [4.78, 5) is 6.67. The van der Waals surface area contributed by atoms with Crippen molar-refractivity contribution in [2.24, 2.45) is 0 Å². The van der Waals surface area contributed by atoms with Crippen LogP contribution in [0.1, 0.15) is 38.7 Å². The van der Waals surface area contributed by atoms with Crippen LogP contribution in [0.25, 0.3) is 0 Å². The van der Waals surface area contributed by atoms with Gasteiger partial charge in [0.25, 0.3) is 0 Å². The molecular weight excluding hydrogens is 222 g/mol. The van der Waals surface area contributed by atoms with Gasteiger partial charge in [0.15, 0.2) is 0 Å². The summed E-state index contributed by atoms with van der Waals surface area (Å²) in [6, 6.07) is 4.25. The maximum Gasteiger partial charge on any atom is 0.0303 e. The molecule has 1 fully saturated rings. The summed E-state index contributed by atoms with van der Waals surface area (Å²) in [7, 11) is 0. The van der Waals surface area contributed by atoms with E-state index in [1.54, 1.807) is 0 Å². The Labute approximate surface area is 111 Å². The first kappa shape index (κ1) is 13.5. The third-order valence-corrected chi connectivity index (χ3v) is 4.19. The van der Waals surface area contributed by atoms with Crippen molar-refractivity contribution in [2.45, 2.75) is 45.2 Å². The van der Waals surface area contributed by atoms with Crippen LogP contribution in [0.2, 0.25) is 0 Å². The van der Waals surface area contributed by atoms with Crippen molar-refractivity contribution in [1.82, 2.24) is 15.2 Å². The van der Waals surface area contributed by atoms with Gasteiger partial charge in [0, 0.05) is 31.0 Å². The van der Waals surface area contributed by atoms with Crippen molar-refractivity contribution in [3.63, 3.8) is 0 Å². The fraction of sp³-hybridized carbons (Fsp3) is 0.667. The lowest BCUT2D eigenvalue weighted by molar-refractivity contribution is 0.191. The standard InChI is InChI=1S/C15H25N3/c1-3-15(4-2)13-18(11-5-8-17-15)12-14-6-9-16-10-7-14/h6-7,9-10,17H,3-5,8,11-13H2,1-2H3. The molecule has 1 aliphatic rings. The van der Waals surface area contributed by atoms with Gasteiger partial charge in [-0.05, 0) is 50.0 Å². The minimum Gasteiger partial charge on any atom is -0.310 e. The summed E-state index contributed by atoms with van der Waals surface area (Å²) < 4.78 is 0. The molecule has 0 spiro atoms. The van der Waals surface area contributed by atoms with Crippen molar-refractivity contribution >= 4 is 0 Å². The van der Waals surface area contributed by atoms with Gasteiger partial charge in [0.05, 0.1) is 0 Å². The van der Waals surface area contributed by atoms with E-state index in [9.17, 15) is 0 Å². The molecular formula is C15H25N3. The molecule has 0 aliphatic carbocycles. The molecule has 1 aliphatic heterocycles. The Balaban J connectivity index is 2.03. The predicted octanol–water partition coefficient (Wildman–Crippen LogP) is 2.44. The number of hydrogen-bond acceptors (Lipinski definition) is 3. The normalized spacial score (nSPS) is 20.6. The first-order chi connectivity index (χ1) is 8.78. The van der Waals surface area contributed by atoms with Gasteiger partial charge in [0.2, 0.25) is 0 Å².